The van der Waals surface area contributed by atoms with Crippen LogP contribution in [0.3, 0.4) is 0 Å². The summed E-state index contributed by atoms with van der Waals surface area (Å²) in [7, 11) is -3.38. The third-order valence-corrected chi connectivity index (χ3v) is 2.16. The first kappa shape index (κ1) is 13.4. The molecule has 0 saturated carbocycles. The number of nitrogens with one attached hydrogen (secondary N) is 2. The van der Waals surface area contributed by atoms with Gasteiger partial charge in [0.05, 0.1) is 12.5 Å². The molecule has 0 bridgehead atoms. The van der Waals surface area contributed by atoms with Crippen LogP contribution in [0.2, 0.25) is 0 Å². The van der Waals surface area contributed by atoms with Crippen molar-refractivity contribution in [3.63, 3.8) is 0 Å². The summed E-state index contributed by atoms with van der Waals surface area (Å²) >= 11 is 0. The monoisotopic (exact) mass is 261 g/mol. The van der Waals surface area contributed by atoms with Crippen molar-refractivity contribution in [3.05, 3.63) is 6.20 Å². The van der Waals surface area contributed by atoms with E-state index in [2.05, 4.69) is 20.4 Å². The predicted molar refractivity (Wildman–Crippen MR) is 61.8 cm³/mol. The first-order valence-electron chi connectivity index (χ1n) is 4.93. The van der Waals surface area contributed by atoms with E-state index in [4.69, 9.17) is 0 Å². The zero-order valence-corrected chi connectivity index (χ0v) is 10.7. The lowest BCUT2D eigenvalue weighted by atomic mass is 10.4. The van der Waals surface area contributed by atoms with Crippen molar-refractivity contribution in [1.82, 2.24) is 20.3 Å². The van der Waals surface area contributed by atoms with Crippen molar-refractivity contribution < 1.29 is 13.2 Å². The fourth-order valence-electron chi connectivity index (χ4n) is 1.13. The fraction of sp³-hybridized carbons (Fsp3) is 0.625. The third kappa shape index (κ3) is 5.29. The molecule has 96 valence electrons. The van der Waals surface area contributed by atoms with Crippen LogP contribution in [0.25, 0.3) is 0 Å². The minimum absolute atomic E-state index is 0.00335. The molecule has 0 aromatic carbocycles. The van der Waals surface area contributed by atoms with Gasteiger partial charge in [0, 0.05) is 6.04 Å². The van der Waals surface area contributed by atoms with Gasteiger partial charge >= 0.3 is 0 Å². The van der Waals surface area contributed by atoms with Gasteiger partial charge < -0.3 is 5.32 Å². The smallest absolute Gasteiger partial charge is 0.241 e. The van der Waals surface area contributed by atoms with Crippen molar-refractivity contribution >= 4 is 21.7 Å². The van der Waals surface area contributed by atoms with Crippen molar-refractivity contribution in [3.8, 4) is 0 Å². The van der Waals surface area contributed by atoms with E-state index >= 15 is 0 Å². The number of amides is 1. The maximum atomic E-state index is 11.4. The Labute approximate surface area is 99.4 Å². The van der Waals surface area contributed by atoms with Gasteiger partial charge in [-0.05, 0) is 13.8 Å². The van der Waals surface area contributed by atoms with E-state index in [0.717, 1.165) is 6.26 Å². The number of carbonyl (C=O) groups is 1. The summed E-state index contributed by atoms with van der Waals surface area (Å²) in [6.45, 7) is 3.68. The summed E-state index contributed by atoms with van der Waals surface area (Å²) in [5.41, 5.74) is 0. The van der Waals surface area contributed by atoms with Crippen molar-refractivity contribution in [2.45, 2.75) is 26.4 Å². The van der Waals surface area contributed by atoms with E-state index in [1.165, 1.54) is 10.9 Å². The standard InChI is InChI=1S/C8H15N5O3S/c1-6(2)9-8(14)5-13-4-7(10-12-13)11-17(3,15)16/h4,6,11H,5H2,1-3H3,(H,9,14). The zero-order valence-electron chi connectivity index (χ0n) is 9.84. The van der Waals surface area contributed by atoms with Crippen LogP contribution < -0.4 is 10.0 Å². The number of aromatic nitrogens is 3. The molecule has 1 aromatic heterocycles. The Morgan fingerprint density at radius 2 is 2.18 bits per heavy atom. The normalized spacial score (nSPS) is 11.5. The van der Waals surface area contributed by atoms with Crippen molar-refractivity contribution in [2.24, 2.45) is 0 Å². The maximum Gasteiger partial charge on any atom is 0.241 e. The average Bonchev–Trinajstić information content (AvgIpc) is 2.46. The van der Waals surface area contributed by atoms with Gasteiger partial charge in [0.1, 0.15) is 6.54 Å². The molecule has 1 amide bonds. The number of nitrogens with zero attached hydrogens (tertiary/aromatic N) is 3. The van der Waals surface area contributed by atoms with Crippen LogP contribution in [0.4, 0.5) is 5.82 Å². The summed E-state index contributed by atoms with van der Waals surface area (Å²) < 4.78 is 25.2. The molecule has 0 spiro atoms. The Morgan fingerprint density at radius 1 is 1.53 bits per heavy atom. The second-order valence-electron chi connectivity index (χ2n) is 3.90. The van der Waals surface area contributed by atoms with E-state index in [1.54, 1.807) is 0 Å². The first-order valence-corrected chi connectivity index (χ1v) is 6.82. The SMILES string of the molecule is CC(C)NC(=O)Cn1cc(NS(C)(=O)=O)nn1. The molecule has 0 radical (unpaired) electrons. The highest BCUT2D eigenvalue weighted by Crippen LogP contribution is 2.01. The Morgan fingerprint density at radius 3 is 2.71 bits per heavy atom. The van der Waals surface area contributed by atoms with Gasteiger partial charge in [-0.2, -0.15) is 0 Å². The molecule has 17 heavy (non-hydrogen) atoms. The second-order valence-corrected chi connectivity index (χ2v) is 5.65. The second kappa shape index (κ2) is 5.13. The molecule has 0 saturated heterocycles. The van der Waals surface area contributed by atoms with Gasteiger partial charge in [0.15, 0.2) is 5.82 Å². The third-order valence-electron chi connectivity index (χ3n) is 1.58. The fourth-order valence-corrected chi connectivity index (χ4v) is 1.60. The molecular formula is C8H15N5O3S. The van der Waals surface area contributed by atoms with Gasteiger partial charge in [0.2, 0.25) is 15.9 Å². The molecule has 0 aliphatic rings. The molecule has 0 aliphatic heterocycles. The van der Waals surface area contributed by atoms with Crippen LogP contribution in [0, 0.1) is 0 Å². The largest absolute Gasteiger partial charge is 0.352 e. The molecule has 1 aromatic rings. The number of carbonyl (C=O) groups excluding carboxylic acids is 1. The van der Waals surface area contributed by atoms with Crippen LogP contribution >= 0.6 is 0 Å². The van der Waals surface area contributed by atoms with Crippen LogP contribution in [0.1, 0.15) is 13.8 Å². The summed E-state index contributed by atoms with van der Waals surface area (Å²) in [6.07, 6.45) is 2.36. The quantitative estimate of drug-likeness (QED) is 0.720. The van der Waals surface area contributed by atoms with Crippen LogP contribution in [0.15, 0.2) is 6.20 Å². The predicted octanol–water partition coefficient (Wildman–Crippen LogP) is -0.826. The number of anilines is 1. The van der Waals surface area contributed by atoms with E-state index in [9.17, 15) is 13.2 Å². The summed E-state index contributed by atoms with van der Waals surface area (Å²) in [4.78, 5) is 11.4. The Bertz CT molecular complexity index is 493. The van der Waals surface area contributed by atoms with E-state index < -0.39 is 10.0 Å². The minimum Gasteiger partial charge on any atom is -0.352 e. The summed E-state index contributed by atoms with van der Waals surface area (Å²) in [6, 6.07) is 0.0413. The topological polar surface area (TPSA) is 106 Å². The summed E-state index contributed by atoms with van der Waals surface area (Å²) in [5.74, 6) is -0.124. The lowest BCUT2D eigenvalue weighted by Crippen LogP contribution is -2.33. The molecule has 1 heterocycles. The number of sulfonamides is 1. The molecule has 0 fully saturated rings. The molecule has 0 aliphatic carbocycles. The van der Waals surface area contributed by atoms with Gasteiger partial charge in [0.25, 0.3) is 0 Å². The number of rotatable bonds is 5. The number of hydrogen-bond acceptors (Lipinski definition) is 5. The lowest BCUT2D eigenvalue weighted by Gasteiger charge is -2.07. The van der Waals surface area contributed by atoms with E-state index in [0.29, 0.717) is 0 Å². The van der Waals surface area contributed by atoms with Crippen LogP contribution in [0.5, 0.6) is 0 Å². The molecule has 1 rings (SSSR count). The van der Waals surface area contributed by atoms with Crippen molar-refractivity contribution in [2.75, 3.05) is 11.0 Å². The molecular weight excluding hydrogens is 246 g/mol. The van der Waals surface area contributed by atoms with Crippen LogP contribution in [-0.2, 0) is 21.4 Å². The Hall–Kier alpha value is -1.64. The average molecular weight is 261 g/mol. The van der Waals surface area contributed by atoms with Crippen LogP contribution in [-0.4, -0.2) is 41.6 Å². The highest BCUT2D eigenvalue weighted by molar-refractivity contribution is 7.92. The Kier molecular flexibility index (Phi) is 4.05. The lowest BCUT2D eigenvalue weighted by molar-refractivity contribution is -0.122. The highest BCUT2D eigenvalue weighted by Gasteiger charge is 2.09. The maximum absolute atomic E-state index is 11.4. The van der Waals surface area contributed by atoms with Gasteiger partial charge in [-0.1, -0.05) is 5.21 Å². The van der Waals surface area contributed by atoms with Gasteiger partial charge in [-0.25, -0.2) is 13.1 Å². The van der Waals surface area contributed by atoms with E-state index in [1.807, 2.05) is 13.8 Å². The molecule has 0 unspecified atom stereocenters. The van der Waals surface area contributed by atoms with Gasteiger partial charge in [-0.3, -0.25) is 9.52 Å². The van der Waals surface area contributed by atoms with E-state index in [-0.39, 0.29) is 24.3 Å². The first-order chi connectivity index (χ1) is 7.76. The Balaban J connectivity index is 2.60. The molecule has 2 N–H and O–H groups in total. The highest BCUT2D eigenvalue weighted by atomic mass is 32.2. The molecule has 0 atom stereocenters. The summed E-state index contributed by atoms with van der Waals surface area (Å²) in [5, 5.41) is 9.89. The minimum atomic E-state index is -3.38. The van der Waals surface area contributed by atoms with Crippen molar-refractivity contribution in [1.29, 1.82) is 0 Å². The molecule has 9 heteroatoms. The molecule has 8 nitrogen and oxygen atoms in total. The zero-order chi connectivity index (χ0) is 13.1. The number of hydrogen-bond donors (Lipinski definition) is 2. The van der Waals surface area contributed by atoms with Gasteiger partial charge in [-0.15, -0.1) is 5.10 Å².